The number of thioether (sulfide) groups is 1. The monoisotopic (exact) mass is 518 g/mol. The molecule has 7 nitrogen and oxygen atoms in total. The Morgan fingerprint density at radius 3 is 2.50 bits per heavy atom. The van der Waals surface area contributed by atoms with Gasteiger partial charge in [-0.25, -0.2) is 0 Å². The number of hydrogen-bond donors (Lipinski definition) is 1. The molecule has 0 fully saturated rings. The molecule has 1 amide bonds. The van der Waals surface area contributed by atoms with E-state index in [4.69, 9.17) is 9.47 Å². The standard InChI is InChI=1S/C23H27BrN4O3S/c1-6-28-20(12-31-18-8-7-14(2)9-19(18)30-5)26-27-23(28)32-13-21(29)25-22-15(3)10-17(24)11-16(22)4/h7-11H,6,12-13H2,1-5H3,(H,25,29). The van der Waals surface area contributed by atoms with Crippen LogP contribution in [-0.4, -0.2) is 33.5 Å². The molecule has 0 aliphatic rings. The second-order valence-corrected chi connectivity index (χ2v) is 9.20. The van der Waals surface area contributed by atoms with Gasteiger partial charge >= 0.3 is 0 Å². The lowest BCUT2D eigenvalue weighted by molar-refractivity contribution is -0.113. The highest BCUT2D eigenvalue weighted by Crippen LogP contribution is 2.29. The molecule has 0 aliphatic carbocycles. The van der Waals surface area contributed by atoms with Gasteiger partial charge in [-0.3, -0.25) is 4.79 Å². The van der Waals surface area contributed by atoms with Crippen molar-refractivity contribution in [2.24, 2.45) is 0 Å². The molecule has 9 heteroatoms. The molecule has 170 valence electrons. The van der Waals surface area contributed by atoms with Gasteiger partial charge in [0.15, 0.2) is 22.5 Å². The summed E-state index contributed by atoms with van der Waals surface area (Å²) < 4.78 is 14.3. The zero-order chi connectivity index (χ0) is 23.3. The van der Waals surface area contributed by atoms with E-state index < -0.39 is 0 Å². The van der Waals surface area contributed by atoms with Crippen LogP contribution >= 0.6 is 27.7 Å². The number of amides is 1. The van der Waals surface area contributed by atoms with Crippen molar-refractivity contribution in [2.45, 2.75) is 46.0 Å². The Morgan fingerprint density at radius 1 is 1.12 bits per heavy atom. The number of carbonyl (C=O) groups excluding carboxylic acids is 1. The molecule has 2 aromatic carbocycles. The lowest BCUT2D eigenvalue weighted by atomic mass is 10.1. The molecule has 0 aliphatic heterocycles. The zero-order valence-electron chi connectivity index (χ0n) is 18.9. The number of aromatic nitrogens is 3. The van der Waals surface area contributed by atoms with E-state index in [2.05, 4.69) is 31.4 Å². The first-order valence-corrected chi connectivity index (χ1v) is 12.0. The predicted octanol–water partition coefficient (Wildman–Crippen LogP) is 5.30. The average Bonchev–Trinajstić information content (AvgIpc) is 3.15. The summed E-state index contributed by atoms with van der Waals surface area (Å²) in [6.45, 7) is 8.89. The highest BCUT2D eigenvalue weighted by Gasteiger charge is 2.16. The topological polar surface area (TPSA) is 78.3 Å². The van der Waals surface area contributed by atoms with Crippen LogP contribution < -0.4 is 14.8 Å². The zero-order valence-corrected chi connectivity index (χ0v) is 21.3. The molecule has 3 rings (SSSR count). The molecule has 1 aromatic heterocycles. The van der Waals surface area contributed by atoms with Crippen LogP contribution in [0.5, 0.6) is 11.5 Å². The Hall–Kier alpha value is -2.52. The summed E-state index contributed by atoms with van der Waals surface area (Å²) in [5, 5.41) is 12.2. The van der Waals surface area contributed by atoms with Crippen molar-refractivity contribution in [3.05, 3.63) is 57.3 Å². The Balaban J connectivity index is 1.63. The van der Waals surface area contributed by atoms with Gasteiger partial charge in [-0.05, 0) is 68.7 Å². The fourth-order valence-corrected chi connectivity index (χ4v) is 4.81. The minimum Gasteiger partial charge on any atom is -0.493 e. The Labute approximate surface area is 201 Å². The summed E-state index contributed by atoms with van der Waals surface area (Å²) in [6.07, 6.45) is 0. The third-order valence-electron chi connectivity index (χ3n) is 4.88. The van der Waals surface area contributed by atoms with Gasteiger partial charge in [-0.2, -0.15) is 0 Å². The fourth-order valence-electron chi connectivity index (χ4n) is 3.30. The summed E-state index contributed by atoms with van der Waals surface area (Å²) in [4.78, 5) is 12.6. The molecule has 0 atom stereocenters. The van der Waals surface area contributed by atoms with E-state index in [0.29, 0.717) is 29.0 Å². The van der Waals surface area contributed by atoms with E-state index in [1.54, 1.807) is 7.11 Å². The first kappa shape index (κ1) is 24.1. The summed E-state index contributed by atoms with van der Waals surface area (Å²) in [6, 6.07) is 9.75. The Bertz CT molecular complexity index is 1090. The molecule has 3 aromatic rings. The maximum Gasteiger partial charge on any atom is 0.234 e. The van der Waals surface area contributed by atoms with Crippen molar-refractivity contribution in [1.29, 1.82) is 0 Å². The summed E-state index contributed by atoms with van der Waals surface area (Å²) in [5.74, 6) is 2.17. The third-order valence-corrected chi connectivity index (χ3v) is 6.30. The number of nitrogens with zero attached hydrogens (tertiary/aromatic N) is 3. The molecular weight excluding hydrogens is 492 g/mol. The van der Waals surface area contributed by atoms with Crippen LogP contribution in [0.1, 0.15) is 29.4 Å². The lowest BCUT2D eigenvalue weighted by Gasteiger charge is -2.13. The van der Waals surface area contributed by atoms with Gasteiger partial charge in [-0.15, -0.1) is 10.2 Å². The minimum atomic E-state index is -0.0867. The molecule has 0 saturated heterocycles. The molecule has 0 bridgehead atoms. The molecular formula is C23H27BrN4O3S. The van der Waals surface area contributed by atoms with E-state index in [1.165, 1.54) is 11.8 Å². The predicted molar refractivity (Wildman–Crippen MR) is 131 cm³/mol. The van der Waals surface area contributed by atoms with E-state index in [0.717, 1.165) is 26.9 Å². The van der Waals surface area contributed by atoms with Gasteiger partial charge in [-0.1, -0.05) is 33.8 Å². The molecule has 1 N–H and O–H groups in total. The number of anilines is 1. The number of carbonyl (C=O) groups is 1. The van der Waals surface area contributed by atoms with Crippen LogP contribution in [0.15, 0.2) is 40.0 Å². The van der Waals surface area contributed by atoms with Crippen molar-refractivity contribution in [3.63, 3.8) is 0 Å². The Kier molecular flexibility index (Phi) is 8.20. The highest BCUT2D eigenvalue weighted by atomic mass is 79.9. The van der Waals surface area contributed by atoms with Crippen LogP contribution in [0.4, 0.5) is 5.69 Å². The van der Waals surface area contributed by atoms with Crippen LogP contribution in [0.2, 0.25) is 0 Å². The molecule has 0 saturated carbocycles. The number of benzene rings is 2. The number of hydrogen-bond acceptors (Lipinski definition) is 6. The van der Waals surface area contributed by atoms with Gasteiger partial charge in [0.2, 0.25) is 5.91 Å². The van der Waals surface area contributed by atoms with Gasteiger partial charge in [0.05, 0.1) is 12.9 Å². The van der Waals surface area contributed by atoms with Gasteiger partial charge in [0.25, 0.3) is 0 Å². The largest absolute Gasteiger partial charge is 0.493 e. The van der Waals surface area contributed by atoms with Crippen molar-refractivity contribution in [2.75, 3.05) is 18.2 Å². The number of ether oxygens (including phenoxy) is 2. The van der Waals surface area contributed by atoms with Crippen molar-refractivity contribution in [3.8, 4) is 11.5 Å². The number of nitrogens with one attached hydrogen (secondary N) is 1. The second kappa shape index (κ2) is 10.9. The maximum atomic E-state index is 12.6. The summed E-state index contributed by atoms with van der Waals surface area (Å²) >= 11 is 4.83. The summed E-state index contributed by atoms with van der Waals surface area (Å²) in [5.41, 5.74) is 3.96. The van der Waals surface area contributed by atoms with Crippen LogP contribution in [-0.2, 0) is 17.9 Å². The van der Waals surface area contributed by atoms with Crippen LogP contribution in [0, 0.1) is 20.8 Å². The van der Waals surface area contributed by atoms with E-state index in [9.17, 15) is 4.79 Å². The number of aryl methyl sites for hydroxylation is 3. The maximum absolute atomic E-state index is 12.6. The van der Waals surface area contributed by atoms with Gasteiger partial charge in [0, 0.05) is 16.7 Å². The normalized spacial score (nSPS) is 10.8. The van der Waals surface area contributed by atoms with Crippen LogP contribution in [0.25, 0.3) is 0 Å². The highest BCUT2D eigenvalue weighted by molar-refractivity contribution is 9.10. The SMILES string of the molecule is CCn1c(COc2ccc(C)cc2OC)nnc1SCC(=O)Nc1c(C)cc(Br)cc1C. The lowest BCUT2D eigenvalue weighted by Crippen LogP contribution is -2.16. The number of rotatable bonds is 9. The van der Waals surface area contributed by atoms with E-state index in [-0.39, 0.29) is 18.3 Å². The molecule has 0 radical (unpaired) electrons. The Morgan fingerprint density at radius 2 is 1.84 bits per heavy atom. The second-order valence-electron chi connectivity index (χ2n) is 7.34. The smallest absolute Gasteiger partial charge is 0.234 e. The van der Waals surface area contributed by atoms with E-state index in [1.807, 2.05) is 62.6 Å². The fraction of sp³-hybridized carbons (Fsp3) is 0.348. The van der Waals surface area contributed by atoms with Crippen molar-refractivity contribution >= 4 is 39.3 Å². The third kappa shape index (κ3) is 5.83. The average molecular weight is 519 g/mol. The van der Waals surface area contributed by atoms with Gasteiger partial charge in [0.1, 0.15) is 6.61 Å². The molecule has 0 unspecified atom stereocenters. The van der Waals surface area contributed by atoms with Gasteiger partial charge < -0.3 is 19.4 Å². The quantitative estimate of drug-likeness (QED) is 0.387. The summed E-state index contributed by atoms with van der Waals surface area (Å²) in [7, 11) is 1.62. The number of halogens is 1. The van der Waals surface area contributed by atoms with Crippen molar-refractivity contribution < 1.29 is 14.3 Å². The van der Waals surface area contributed by atoms with Crippen molar-refractivity contribution in [1.82, 2.24) is 14.8 Å². The molecule has 32 heavy (non-hydrogen) atoms. The van der Waals surface area contributed by atoms with E-state index >= 15 is 0 Å². The molecule has 0 spiro atoms. The number of methoxy groups -OCH3 is 1. The first-order chi connectivity index (χ1) is 15.3. The first-order valence-electron chi connectivity index (χ1n) is 10.2. The van der Waals surface area contributed by atoms with Crippen LogP contribution in [0.3, 0.4) is 0 Å². The minimum absolute atomic E-state index is 0.0867. The molecule has 1 heterocycles.